The third-order valence-corrected chi connectivity index (χ3v) is 7.83. The average Bonchev–Trinajstić information content (AvgIpc) is 3.16. The monoisotopic (exact) mass is 475 g/mol. The summed E-state index contributed by atoms with van der Waals surface area (Å²) in [4.78, 5) is 0. The van der Waals surface area contributed by atoms with Gasteiger partial charge in [0.25, 0.3) is 0 Å². The lowest BCUT2D eigenvalue weighted by Gasteiger charge is -2.50. The van der Waals surface area contributed by atoms with Gasteiger partial charge in [0, 0.05) is 42.4 Å². The van der Waals surface area contributed by atoms with Gasteiger partial charge in [-0.1, -0.05) is 46.3 Å². The number of sulfonamides is 1. The Labute approximate surface area is 179 Å². The van der Waals surface area contributed by atoms with Gasteiger partial charge in [-0.05, 0) is 23.8 Å². The van der Waals surface area contributed by atoms with Crippen LogP contribution < -0.4 is 4.74 Å². The number of nitrogens with zero attached hydrogens (tertiary/aromatic N) is 3. The molecule has 8 heteroatoms. The van der Waals surface area contributed by atoms with Gasteiger partial charge in [0.2, 0.25) is 15.7 Å². The van der Waals surface area contributed by atoms with Crippen LogP contribution in [0.3, 0.4) is 0 Å². The molecule has 0 radical (unpaired) electrons. The highest BCUT2D eigenvalue weighted by Crippen LogP contribution is 2.50. The van der Waals surface area contributed by atoms with Crippen LogP contribution in [0, 0.1) is 0 Å². The van der Waals surface area contributed by atoms with Crippen LogP contribution in [-0.2, 0) is 10.0 Å². The predicted octanol–water partition coefficient (Wildman–Crippen LogP) is 3.74. The van der Waals surface area contributed by atoms with E-state index in [0.717, 1.165) is 33.5 Å². The molecule has 2 aromatic carbocycles. The molecule has 1 spiro atoms. The summed E-state index contributed by atoms with van der Waals surface area (Å²) >= 11 is 3.58. The topological polar surface area (TPSA) is 62.2 Å². The summed E-state index contributed by atoms with van der Waals surface area (Å²) in [5.74, 6) is 0.867. The summed E-state index contributed by atoms with van der Waals surface area (Å²) < 4.78 is 33.1. The number of halogens is 1. The molecule has 3 aliphatic heterocycles. The second kappa shape index (κ2) is 6.82. The Morgan fingerprint density at radius 2 is 1.86 bits per heavy atom. The molecule has 5 rings (SSSR count). The number of hydrogen-bond acceptors (Lipinski definition) is 5. The van der Waals surface area contributed by atoms with Gasteiger partial charge < -0.3 is 4.74 Å². The molecule has 29 heavy (non-hydrogen) atoms. The first-order valence-corrected chi connectivity index (χ1v) is 12.4. The van der Waals surface area contributed by atoms with E-state index in [0.29, 0.717) is 25.9 Å². The quantitative estimate of drug-likeness (QED) is 0.663. The van der Waals surface area contributed by atoms with E-state index in [4.69, 9.17) is 9.84 Å². The highest BCUT2D eigenvalue weighted by molar-refractivity contribution is 9.10. The van der Waals surface area contributed by atoms with E-state index in [-0.39, 0.29) is 6.04 Å². The van der Waals surface area contributed by atoms with Gasteiger partial charge in [0.1, 0.15) is 5.75 Å². The molecule has 0 amide bonds. The van der Waals surface area contributed by atoms with Crippen molar-refractivity contribution in [3.8, 4) is 5.75 Å². The zero-order valence-electron chi connectivity index (χ0n) is 16.1. The summed E-state index contributed by atoms with van der Waals surface area (Å²) in [7, 11) is -3.21. The minimum Gasteiger partial charge on any atom is -0.466 e. The van der Waals surface area contributed by atoms with Crippen LogP contribution in [-0.4, -0.2) is 48.5 Å². The molecular weight excluding hydrogens is 454 g/mol. The number of fused-ring (bicyclic) bond motifs is 4. The van der Waals surface area contributed by atoms with Crippen LogP contribution in [0.25, 0.3) is 0 Å². The second-order valence-corrected chi connectivity index (χ2v) is 10.8. The molecule has 0 bridgehead atoms. The van der Waals surface area contributed by atoms with Gasteiger partial charge in [-0.3, -0.25) is 0 Å². The van der Waals surface area contributed by atoms with Crippen LogP contribution in [0.15, 0.2) is 58.1 Å². The number of benzene rings is 2. The van der Waals surface area contributed by atoms with Crippen molar-refractivity contribution in [3.63, 3.8) is 0 Å². The Hall–Kier alpha value is -1.90. The molecule has 0 aromatic heterocycles. The number of hydrogen-bond donors (Lipinski definition) is 0. The van der Waals surface area contributed by atoms with Crippen molar-refractivity contribution in [1.29, 1.82) is 0 Å². The van der Waals surface area contributed by atoms with Crippen LogP contribution in [0.1, 0.15) is 36.4 Å². The van der Waals surface area contributed by atoms with Crippen LogP contribution in [0.5, 0.6) is 5.75 Å². The molecule has 6 nitrogen and oxygen atoms in total. The molecule has 1 unspecified atom stereocenters. The van der Waals surface area contributed by atoms with Crippen molar-refractivity contribution in [2.75, 3.05) is 19.3 Å². The molecule has 152 valence electrons. The maximum Gasteiger partial charge on any atom is 0.211 e. The highest BCUT2D eigenvalue weighted by atomic mass is 79.9. The van der Waals surface area contributed by atoms with Crippen LogP contribution >= 0.6 is 15.9 Å². The molecule has 2 aromatic rings. The fourth-order valence-electron chi connectivity index (χ4n) is 4.56. The minimum atomic E-state index is -3.21. The van der Waals surface area contributed by atoms with Crippen molar-refractivity contribution >= 4 is 31.7 Å². The predicted molar refractivity (Wildman–Crippen MR) is 115 cm³/mol. The van der Waals surface area contributed by atoms with Gasteiger partial charge in [-0.2, -0.15) is 5.10 Å². The van der Waals surface area contributed by atoms with Gasteiger partial charge >= 0.3 is 0 Å². The molecule has 1 fully saturated rings. The maximum absolute atomic E-state index is 12.0. The lowest BCUT2D eigenvalue weighted by atomic mass is 9.91. The summed E-state index contributed by atoms with van der Waals surface area (Å²) in [6.07, 6.45) is 3.23. The molecule has 3 aliphatic rings. The van der Waals surface area contributed by atoms with Crippen molar-refractivity contribution in [3.05, 3.63) is 64.1 Å². The zero-order chi connectivity index (χ0) is 20.2. The van der Waals surface area contributed by atoms with Gasteiger partial charge in [-0.25, -0.2) is 17.7 Å². The summed E-state index contributed by atoms with van der Waals surface area (Å²) in [5, 5.41) is 7.12. The number of hydrazone groups is 1. The first-order chi connectivity index (χ1) is 13.9. The van der Waals surface area contributed by atoms with Gasteiger partial charge in [0.15, 0.2) is 0 Å². The SMILES string of the molecule is CS(=O)(=O)N1CCC2(CC1)Oc1ccc(Br)cc1C1CC(c3ccccc3)=NN12. The normalized spacial score (nSPS) is 23.3. The molecule has 1 saturated heterocycles. The van der Waals surface area contributed by atoms with E-state index in [1.54, 1.807) is 0 Å². The number of ether oxygens (including phenoxy) is 1. The lowest BCUT2D eigenvalue weighted by molar-refractivity contribution is -0.143. The fraction of sp³-hybridized carbons (Fsp3) is 0.381. The summed E-state index contributed by atoms with van der Waals surface area (Å²) in [5.41, 5.74) is 2.65. The first kappa shape index (κ1) is 19.1. The van der Waals surface area contributed by atoms with Crippen LogP contribution in [0.2, 0.25) is 0 Å². The smallest absolute Gasteiger partial charge is 0.211 e. The Morgan fingerprint density at radius 1 is 1.14 bits per heavy atom. The Bertz CT molecular complexity index is 1080. The van der Waals surface area contributed by atoms with E-state index >= 15 is 0 Å². The Balaban J connectivity index is 1.55. The number of rotatable bonds is 2. The van der Waals surface area contributed by atoms with E-state index in [2.05, 4.69) is 39.1 Å². The van der Waals surface area contributed by atoms with E-state index in [9.17, 15) is 8.42 Å². The largest absolute Gasteiger partial charge is 0.466 e. The summed E-state index contributed by atoms with van der Waals surface area (Å²) in [6, 6.07) is 16.4. The molecule has 0 N–H and O–H groups in total. The van der Waals surface area contributed by atoms with Crippen molar-refractivity contribution < 1.29 is 13.2 Å². The van der Waals surface area contributed by atoms with E-state index in [1.165, 1.54) is 10.6 Å². The molecular formula is C21H22BrN3O3S. The second-order valence-electron chi connectivity index (χ2n) is 7.87. The molecule has 1 atom stereocenters. The molecule has 0 aliphatic carbocycles. The lowest BCUT2D eigenvalue weighted by Crippen LogP contribution is -2.59. The highest BCUT2D eigenvalue weighted by Gasteiger charge is 2.52. The zero-order valence-corrected chi connectivity index (χ0v) is 18.5. The van der Waals surface area contributed by atoms with Crippen molar-refractivity contribution in [1.82, 2.24) is 9.31 Å². The van der Waals surface area contributed by atoms with Gasteiger partial charge in [0.05, 0.1) is 18.0 Å². The van der Waals surface area contributed by atoms with E-state index < -0.39 is 15.7 Å². The molecule has 3 heterocycles. The fourth-order valence-corrected chi connectivity index (χ4v) is 5.78. The maximum atomic E-state index is 12.0. The Morgan fingerprint density at radius 3 is 2.55 bits per heavy atom. The van der Waals surface area contributed by atoms with Gasteiger partial charge in [-0.15, -0.1) is 0 Å². The van der Waals surface area contributed by atoms with Crippen molar-refractivity contribution in [2.24, 2.45) is 5.10 Å². The first-order valence-electron chi connectivity index (χ1n) is 9.72. The third-order valence-electron chi connectivity index (χ3n) is 6.04. The minimum absolute atomic E-state index is 0.0799. The average molecular weight is 476 g/mol. The van der Waals surface area contributed by atoms with E-state index in [1.807, 2.05) is 30.3 Å². The molecule has 0 saturated carbocycles. The van der Waals surface area contributed by atoms with Crippen molar-refractivity contribution in [2.45, 2.75) is 31.0 Å². The standard InChI is InChI=1S/C21H22BrN3O3S/c1-29(26,27)24-11-9-21(10-12-24)25-19(17-13-16(22)7-8-20(17)28-21)14-18(23-25)15-5-3-2-4-6-15/h2-8,13,19H,9-12,14H2,1H3. The summed E-state index contributed by atoms with van der Waals surface area (Å²) in [6.45, 7) is 0.869. The third kappa shape index (κ3) is 3.27. The number of piperidine rings is 1. The van der Waals surface area contributed by atoms with Crippen LogP contribution in [0.4, 0.5) is 0 Å². The Kier molecular flexibility index (Phi) is 4.49.